The van der Waals surface area contributed by atoms with E-state index in [4.69, 9.17) is 11.6 Å². The molecule has 0 spiro atoms. The number of nitrogens with zero attached hydrogens (tertiary/aromatic N) is 2. The summed E-state index contributed by atoms with van der Waals surface area (Å²) in [6, 6.07) is 6.15. The third kappa shape index (κ3) is 4.20. The van der Waals surface area contributed by atoms with Crippen LogP contribution in [0.15, 0.2) is 22.7 Å². The minimum atomic E-state index is 0.0563. The zero-order valence-corrected chi connectivity index (χ0v) is 14.5. The molecule has 21 heavy (non-hydrogen) atoms. The number of aryl methyl sites for hydroxylation is 2. The van der Waals surface area contributed by atoms with Crippen LogP contribution in [0, 0.1) is 0 Å². The third-order valence-electron chi connectivity index (χ3n) is 3.12. The lowest BCUT2D eigenvalue weighted by Crippen LogP contribution is -2.30. The molecule has 1 heterocycles. The Balaban J connectivity index is 2.23. The smallest absolute Gasteiger partial charge is 0.221 e. The largest absolute Gasteiger partial charge is 0.354 e. The molecule has 6 heteroatoms. The van der Waals surface area contributed by atoms with Crippen LogP contribution in [0.3, 0.4) is 0 Å². The van der Waals surface area contributed by atoms with Gasteiger partial charge in [-0.05, 0) is 32.0 Å². The number of alkyl halides is 1. The normalized spacial score (nSPS) is 11.3. The number of aromatic nitrogens is 2. The minimum absolute atomic E-state index is 0.0563. The van der Waals surface area contributed by atoms with Crippen LogP contribution in [-0.2, 0) is 17.8 Å². The number of carbonyl (C=O) groups excluding carboxylic acids is 1. The quantitative estimate of drug-likeness (QED) is 0.789. The number of amides is 1. The lowest BCUT2D eigenvalue weighted by atomic mass is 10.3. The van der Waals surface area contributed by atoms with E-state index < -0.39 is 0 Å². The summed E-state index contributed by atoms with van der Waals surface area (Å²) in [7, 11) is 0. The highest BCUT2D eigenvalue weighted by Gasteiger charge is 2.12. The van der Waals surface area contributed by atoms with Crippen LogP contribution in [0.1, 0.15) is 26.1 Å². The van der Waals surface area contributed by atoms with Crippen LogP contribution in [0.4, 0.5) is 0 Å². The van der Waals surface area contributed by atoms with Crippen molar-refractivity contribution >= 4 is 44.5 Å². The molecule has 0 unspecified atom stereocenters. The summed E-state index contributed by atoms with van der Waals surface area (Å²) in [5, 5.41) is 2.91. The maximum Gasteiger partial charge on any atom is 0.221 e. The van der Waals surface area contributed by atoms with E-state index in [2.05, 4.69) is 30.8 Å². The van der Waals surface area contributed by atoms with Crippen LogP contribution in [0.5, 0.6) is 0 Å². The molecular weight excluding hydrogens is 354 g/mol. The van der Waals surface area contributed by atoms with Gasteiger partial charge in [0.05, 0.1) is 11.0 Å². The number of fused-ring (bicyclic) bond motifs is 1. The first kappa shape index (κ1) is 16.3. The van der Waals surface area contributed by atoms with Gasteiger partial charge >= 0.3 is 0 Å². The molecule has 0 saturated heterocycles. The summed E-state index contributed by atoms with van der Waals surface area (Å²) in [6.07, 6.45) is 1.13. The van der Waals surface area contributed by atoms with Crippen molar-refractivity contribution in [3.63, 3.8) is 0 Å². The Kier molecular flexibility index (Phi) is 5.65. The highest BCUT2D eigenvalue weighted by atomic mass is 79.9. The molecule has 4 nitrogen and oxygen atoms in total. The van der Waals surface area contributed by atoms with Crippen molar-refractivity contribution in [2.24, 2.45) is 0 Å². The molecule has 0 aliphatic carbocycles. The fourth-order valence-corrected chi connectivity index (χ4v) is 2.80. The molecule has 1 amide bonds. The Morgan fingerprint density at radius 3 is 2.90 bits per heavy atom. The van der Waals surface area contributed by atoms with Gasteiger partial charge in [0.1, 0.15) is 5.82 Å². The van der Waals surface area contributed by atoms with Crippen LogP contribution < -0.4 is 5.32 Å². The van der Waals surface area contributed by atoms with E-state index in [1.807, 2.05) is 32.0 Å². The Morgan fingerprint density at radius 2 is 2.24 bits per heavy atom. The first-order valence-corrected chi connectivity index (χ1v) is 8.34. The van der Waals surface area contributed by atoms with Gasteiger partial charge < -0.3 is 9.88 Å². The van der Waals surface area contributed by atoms with E-state index in [0.29, 0.717) is 25.3 Å². The lowest BCUT2D eigenvalue weighted by Gasteiger charge is -2.11. The predicted molar refractivity (Wildman–Crippen MR) is 89.8 cm³/mol. The standard InChI is InChI=1S/C15H19BrClN3O/c1-10(2)18-15(21)6-8-20-13-4-3-11(16)9-12(13)19-14(20)5-7-17/h3-4,9-10H,5-8H2,1-2H3,(H,18,21). The predicted octanol–water partition coefficient (Wildman–Crippen LogP) is 3.49. The van der Waals surface area contributed by atoms with Gasteiger partial charge in [0.2, 0.25) is 5.91 Å². The van der Waals surface area contributed by atoms with E-state index in [-0.39, 0.29) is 11.9 Å². The lowest BCUT2D eigenvalue weighted by molar-refractivity contribution is -0.121. The highest BCUT2D eigenvalue weighted by Crippen LogP contribution is 2.21. The number of carbonyl (C=O) groups is 1. The Morgan fingerprint density at radius 1 is 1.48 bits per heavy atom. The minimum Gasteiger partial charge on any atom is -0.354 e. The average molecular weight is 373 g/mol. The molecule has 0 bridgehead atoms. The maximum atomic E-state index is 11.8. The molecule has 1 aromatic heterocycles. The van der Waals surface area contributed by atoms with Crippen molar-refractivity contribution in [3.8, 4) is 0 Å². The number of nitrogens with one attached hydrogen (secondary N) is 1. The van der Waals surface area contributed by atoms with Gasteiger partial charge in [-0.25, -0.2) is 4.98 Å². The van der Waals surface area contributed by atoms with Gasteiger partial charge in [-0.3, -0.25) is 4.79 Å². The molecule has 1 aromatic carbocycles. The second kappa shape index (κ2) is 7.27. The van der Waals surface area contributed by atoms with E-state index in [1.165, 1.54) is 0 Å². The zero-order valence-electron chi connectivity index (χ0n) is 12.2. The van der Waals surface area contributed by atoms with Crippen molar-refractivity contribution in [1.29, 1.82) is 0 Å². The van der Waals surface area contributed by atoms with Crippen LogP contribution >= 0.6 is 27.5 Å². The fraction of sp³-hybridized carbons (Fsp3) is 0.467. The average Bonchev–Trinajstić information content (AvgIpc) is 2.72. The van der Waals surface area contributed by atoms with Crippen LogP contribution in [0.2, 0.25) is 0 Å². The second-order valence-corrected chi connectivity index (χ2v) is 6.52. The molecule has 0 fully saturated rings. The van der Waals surface area contributed by atoms with Crippen molar-refractivity contribution in [1.82, 2.24) is 14.9 Å². The summed E-state index contributed by atoms with van der Waals surface area (Å²) in [6.45, 7) is 4.53. The van der Waals surface area contributed by atoms with Gasteiger partial charge in [0.25, 0.3) is 0 Å². The Labute approximate surface area is 138 Å². The van der Waals surface area contributed by atoms with E-state index in [1.54, 1.807) is 0 Å². The molecule has 0 radical (unpaired) electrons. The van der Waals surface area contributed by atoms with Gasteiger partial charge in [0.15, 0.2) is 0 Å². The number of benzene rings is 1. The number of halogens is 2. The van der Waals surface area contributed by atoms with E-state index in [9.17, 15) is 4.79 Å². The first-order valence-electron chi connectivity index (χ1n) is 7.01. The Hall–Kier alpha value is -1.07. The fourth-order valence-electron chi connectivity index (χ4n) is 2.29. The molecule has 0 aliphatic rings. The third-order valence-corrected chi connectivity index (χ3v) is 3.80. The van der Waals surface area contributed by atoms with Crippen molar-refractivity contribution in [3.05, 3.63) is 28.5 Å². The van der Waals surface area contributed by atoms with Gasteiger partial charge in [-0.2, -0.15) is 0 Å². The van der Waals surface area contributed by atoms with Gasteiger partial charge in [-0.15, -0.1) is 11.6 Å². The topological polar surface area (TPSA) is 46.9 Å². The molecule has 2 aromatic rings. The summed E-state index contributed by atoms with van der Waals surface area (Å²) in [5.41, 5.74) is 1.96. The summed E-state index contributed by atoms with van der Waals surface area (Å²) in [4.78, 5) is 16.4. The molecule has 0 atom stereocenters. The molecule has 0 saturated carbocycles. The maximum absolute atomic E-state index is 11.8. The molecular formula is C15H19BrClN3O. The summed E-state index contributed by atoms with van der Waals surface area (Å²) < 4.78 is 3.08. The number of rotatable bonds is 6. The molecule has 114 valence electrons. The zero-order chi connectivity index (χ0) is 15.4. The van der Waals surface area contributed by atoms with Crippen molar-refractivity contribution in [2.75, 3.05) is 5.88 Å². The van der Waals surface area contributed by atoms with Gasteiger partial charge in [0, 0.05) is 35.8 Å². The molecule has 2 rings (SSSR count). The first-order chi connectivity index (χ1) is 10.0. The number of hydrogen-bond acceptors (Lipinski definition) is 2. The monoisotopic (exact) mass is 371 g/mol. The van der Waals surface area contributed by atoms with Crippen molar-refractivity contribution < 1.29 is 4.79 Å². The summed E-state index contributed by atoms with van der Waals surface area (Å²) in [5.74, 6) is 1.50. The van der Waals surface area contributed by atoms with E-state index in [0.717, 1.165) is 21.3 Å². The van der Waals surface area contributed by atoms with Crippen LogP contribution in [0.25, 0.3) is 11.0 Å². The Bertz CT molecular complexity index is 639. The van der Waals surface area contributed by atoms with Crippen LogP contribution in [-0.4, -0.2) is 27.4 Å². The highest BCUT2D eigenvalue weighted by molar-refractivity contribution is 9.10. The molecule has 0 aliphatic heterocycles. The second-order valence-electron chi connectivity index (χ2n) is 5.22. The van der Waals surface area contributed by atoms with Crippen molar-refractivity contribution in [2.45, 2.75) is 39.3 Å². The SMILES string of the molecule is CC(C)NC(=O)CCn1c(CCCl)nc2cc(Br)ccc21. The summed E-state index contributed by atoms with van der Waals surface area (Å²) >= 11 is 9.31. The van der Waals surface area contributed by atoms with Gasteiger partial charge in [-0.1, -0.05) is 15.9 Å². The number of imidazole rings is 1. The number of hydrogen-bond donors (Lipinski definition) is 1. The molecule has 1 N–H and O–H groups in total. The van der Waals surface area contributed by atoms with E-state index >= 15 is 0 Å².